The molecule has 5 nitrogen and oxygen atoms in total. The largest absolute Gasteiger partial charge is 0.481 e. The van der Waals surface area contributed by atoms with E-state index < -0.39 is 0 Å². The average Bonchev–Trinajstić information content (AvgIpc) is 2.65. The highest BCUT2D eigenvalue weighted by atomic mass is 35.5. The van der Waals surface area contributed by atoms with Crippen molar-refractivity contribution in [2.45, 2.75) is 0 Å². The van der Waals surface area contributed by atoms with Crippen LogP contribution in [0.15, 0.2) is 22.9 Å². The van der Waals surface area contributed by atoms with E-state index in [0.29, 0.717) is 11.7 Å². The summed E-state index contributed by atoms with van der Waals surface area (Å²) in [6, 6.07) is 3.48. The molecule has 2 aromatic heterocycles. The third-order valence-electron chi connectivity index (χ3n) is 1.60. The van der Waals surface area contributed by atoms with E-state index in [1.807, 2.05) is 0 Å². The molecule has 0 atom stereocenters. The monoisotopic (exact) mass is 211 g/mol. The Labute approximate surface area is 84.7 Å². The van der Waals surface area contributed by atoms with Crippen molar-refractivity contribution in [1.82, 2.24) is 15.1 Å². The van der Waals surface area contributed by atoms with Crippen LogP contribution in [-0.2, 0) is 0 Å². The van der Waals surface area contributed by atoms with Crippen LogP contribution in [0.2, 0.25) is 5.35 Å². The molecular weight excluding hydrogens is 206 g/mol. The third kappa shape index (κ3) is 1.67. The second kappa shape index (κ2) is 3.63. The van der Waals surface area contributed by atoms with Crippen LogP contribution in [-0.4, -0.2) is 22.2 Å². The second-order valence-electron chi connectivity index (χ2n) is 2.46. The van der Waals surface area contributed by atoms with Crippen molar-refractivity contribution in [3.8, 4) is 17.3 Å². The molecule has 0 saturated heterocycles. The molecule has 0 aliphatic rings. The van der Waals surface area contributed by atoms with Gasteiger partial charge in [0, 0.05) is 17.8 Å². The number of pyridine rings is 1. The molecule has 6 heteroatoms. The summed E-state index contributed by atoms with van der Waals surface area (Å²) in [5.74, 6) is 0.938. The molecule has 0 aliphatic heterocycles. The lowest BCUT2D eigenvalue weighted by Gasteiger charge is -1.97. The van der Waals surface area contributed by atoms with Gasteiger partial charge in [-0.25, -0.2) is 4.98 Å². The summed E-state index contributed by atoms with van der Waals surface area (Å²) in [7, 11) is 1.55. The Kier molecular flexibility index (Phi) is 2.32. The van der Waals surface area contributed by atoms with Crippen molar-refractivity contribution in [3.05, 3.63) is 23.7 Å². The first-order valence-corrected chi connectivity index (χ1v) is 4.17. The Hall–Kier alpha value is -1.62. The lowest BCUT2D eigenvalue weighted by atomic mass is 10.3. The molecule has 2 rings (SSSR count). The van der Waals surface area contributed by atoms with Crippen molar-refractivity contribution in [2.75, 3.05) is 7.11 Å². The van der Waals surface area contributed by atoms with Crippen LogP contribution in [0.25, 0.3) is 11.4 Å². The summed E-state index contributed by atoms with van der Waals surface area (Å²) in [5, 5.41) is 3.65. The van der Waals surface area contributed by atoms with Gasteiger partial charge in [-0.3, -0.25) is 0 Å². The molecule has 2 aromatic rings. The Morgan fingerprint density at radius 3 is 2.79 bits per heavy atom. The summed E-state index contributed by atoms with van der Waals surface area (Å²) in [5.41, 5.74) is 0.724. The van der Waals surface area contributed by atoms with Crippen molar-refractivity contribution in [2.24, 2.45) is 0 Å². The van der Waals surface area contributed by atoms with E-state index in [-0.39, 0.29) is 5.35 Å². The number of ether oxygens (including phenoxy) is 1. The highest BCUT2D eigenvalue weighted by molar-refractivity contribution is 6.27. The average molecular weight is 212 g/mol. The molecule has 0 amide bonds. The number of rotatable bonds is 2. The van der Waals surface area contributed by atoms with Crippen LogP contribution in [0.3, 0.4) is 0 Å². The number of halogens is 1. The maximum Gasteiger partial charge on any atom is 0.320 e. The third-order valence-corrected chi connectivity index (χ3v) is 1.76. The number of methoxy groups -OCH3 is 1. The highest BCUT2D eigenvalue weighted by Gasteiger charge is 2.06. The molecule has 0 spiro atoms. The lowest BCUT2D eigenvalue weighted by molar-refractivity contribution is 0.398. The van der Waals surface area contributed by atoms with Gasteiger partial charge in [0.2, 0.25) is 11.7 Å². The summed E-state index contributed by atoms with van der Waals surface area (Å²) in [4.78, 5) is 7.84. The first kappa shape index (κ1) is 8.96. The van der Waals surface area contributed by atoms with E-state index in [0.717, 1.165) is 5.56 Å². The molecule has 0 aromatic carbocycles. The van der Waals surface area contributed by atoms with Crippen molar-refractivity contribution in [3.63, 3.8) is 0 Å². The van der Waals surface area contributed by atoms with Crippen LogP contribution in [0.4, 0.5) is 0 Å². The minimum Gasteiger partial charge on any atom is -0.481 e. The molecule has 2 heterocycles. The van der Waals surface area contributed by atoms with Gasteiger partial charge in [-0.05, 0) is 17.7 Å². The minimum absolute atomic E-state index is 0.0100. The van der Waals surface area contributed by atoms with Crippen molar-refractivity contribution >= 4 is 11.6 Å². The number of hydrogen-bond donors (Lipinski definition) is 0. The van der Waals surface area contributed by atoms with Gasteiger partial charge >= 0.3 is 5.35 Å². The van der Waals surface area contributed by atoms with Gasteiger partial charge in [0.15, 0.2) is 0 Å². The summed E-state index contributed by atoms with van der Waals surface area (Å²) < 4.78 is 9.53. The molecular formula is C8H6ClN3O2. The Balaban J connectivity index is 2.33. The minimum atomic E-state index is 0.0100. The van der Waals surface area contributed by atoms with Crippen LogP contribution in [0, 0.1) is 0 Å². The standard InChI is InChI=1S/C8H6ClN3O2/c1-13-6-3-2-5(4-10-6)7-11-8(9)14-12-7/h2-4H,1H3. The smallest absolute Gasteiger partial charge is 0.320 e. The van der Waals surface area contributed by atoms with Crippen LogP contribution >= 0.6 is 11.6 Å². The molecule has 0 fully saturated rings. The van der Waals surface area contributed by atoms with Gasteiger partial charge in [-0.2, -0.15) is 4.98 Å². The second-order valence-corrected chi connectivity index (χ2v) is 2.78. The fourth-order valence-corrected chi connectivity index (χ4v) is 1.07. The zero-order valence-electron chi connectivity index (χ0n) is 7.27. The number of aromatic nitrogens is 3. The molecule has 0 unspecified atom stereocenters. The Morgan fingerprint density at radius 2 is 2.29 bits per heavy atom. The normalized spacial score (nSPS) is 10.1. The Bertz CT molecular complexity index is 426. The van der Waals surface area contributed by atoms with Crippen LogP contribution < -0.4 is 4.74 Å². The van der Waals surface area contributed by atoms with Gasteiger partial charge in [0.1, 0.15) is 0 Å². The van der Waals surface area contributed by atoms with Gasteiger partial charge in [-0.1, -0.05) is 5.16 Å². The van der Waals surface area contributed by atoms with E-state index >= 15 is 0 Å². The molecule has 0 saturated carbocycles. The van der Waals surface area contributed by atoms with Crippen molar-refractivity contribution in [1.29, 1.82) is 0 Å². The maximum absolute atomic E-state index is 5.48. The molecule has 0 N–H and O–H groups in total. The van der Waals surface area contributed by atoms with Gasteiger partial charge in [-0.15, -0.1) is 0 Å². The first-order valence-electron chi connectivity index (χ1n) is 3.79. The SMILES string of the molecule is COc1ccc(-c2noc(Cl)n2)cn1. The Morgan fingerprint density at radius 1 is 1.43 bits per heavy atom. The van der Waals surface area contributed by atoms with E-state index in [4.69, 9.17) is 16.3 Å². The fraction of sp³-hybridized carbons (Fsp3) is 0.125. The highest BCUT2D eigenvalue weighted by Crippen LogP contribution is 2.18. The number of nitrogens with zero attached hydrogens (tertiary/aromatic N) is 3. The summed E-state index contributed by atoms with van der Waals surface area (Å²) in [6.07, 6.45) is 1.58. The molecule has 0 radical (unpaired) electrons. The fourth-order valence-electron chi connectivity index (χ4n) is 0.956. The molecule has 0 aliphatic carbocycles. The quantitative estimate of drug-likeness (QED) is 0.758. The van der Waals surface area contributed by atoms with Crippen molar-refractivity contribution < 1.29 is 9.26 Å². The molecule has 72 valence electrons. The maximum atomic E-state index is 5.48. The predicted molar refractivity (Wildman–Crippen MR) is 49.1 cm³/mol. The molecule has 0 bridgehead atoms. The lowest BCUT2D eigenvalue weighted by Crippen LogP contribution is -1.87. The van der Waals surface area contributed by atoms with E-state index in [9.17, 15) is 0 Å². The van der Waals surface area contributed by atoms with Crippen LogP contribution in [0.1, 0.15) is 0 Å². The summed E-state index contributed by atoms with van der Waals surface area (Å²) >= 11 is 5.48. The topological polar surface area (TPSA) is 61.0 Å². The van der Waals surface area contributed by atoms with E-state index in [2.05, 4.69) is 19.6 Å². The molecule has 14 heavy (non-hydrogen) atoms. The first-order chi connectivity index (χ1) is 6.79. The summed E-state index contributed by atoms with van der Waals surface area (Å²) in [6.45, 7) is 0. The zero-order valence-corrected chi connectivity index (χ0v) is 8.02. The number of hydrogen-bond acceptors (Lipinski definition) is 5. The van der Waals surface area contributed by atoms with Gasteiger partial charge in [0.05, 0.1) is 7.11 Å². The van der Waals surface area contributed by atoms with Gasteiger partial charge in [0.25, 0.3) is 0 Å². The van der Waals surface area contributed by atoms with Crippen LogP contribution in [0.5, 0.6) is 5.88 Å². The predicted octanol–water partition coefficient (Wildman–Crippen LogP) is 1.79. The van der Waals surface area contributed by atoms with Gasteiger partial charge < -0.3 is 9.26 Å². The van der Waals surface area contributed by atoms with E-state index in [1.165, 1.54) is 0 Å². The van der Waals surface area contributed by atoms with E-state index in [1.54, 1.807) is 25.4 Å². The zero-order chi connectivity index (χ0) is 9.97.